The summed E-state index contributed by atoms with van der Waals surface area (Å²) >= 11 is 0. The van der Waals surface area contributed by atoms with Gasteiger partial charge in [-0.15, -0.1) is 0 Å². The summed E-state index contributed by atoms with van der Waals surface area (Å²) in [4.78, 5) is 10.5. The van der Waals surface area contributed by atoms with Crippen molar-refractivity contribution in [1.29, 1.82) is 0 Å². The van der Waals surface area contributed by atoms with Gasteiger partial charge in [-0.05, 0) is 12.8 Å². The summed E-state index contributed by atoms with van der Waals surface area (Å²) in [6.45, 7) is 2.83. The van der Waals surface area contributed by atoms with Crippen LogP contribution in [0.3, 0.4) is 0 Å². The Morgan fingerprint density at radius 2 is 1.39 bits per heavy atom. The molecular formula is C12H27NO5. The van der Waals surface area contributed by atoms with Crippen molar-refractivity contribution < 1.29 is 25.2 Å². The SMILES string of the molecule is CCCC(CCC)C(=O)O.NC(CO)(CO)CO. The number of hydrogen-bond acceptors (Lipinski definition) is 5. The molecule has 18 heavy (non-hydrogen) atoms. The molecule has 0 saturated heterocycles. The third-order valence-electron chi connectivity index (χ3n) is 2.57. The van der Waals surface area contributed by atoms with E-state index < -0.39 is 31.3 Å². The van der Waals surface area contributed by atoms with Crippen LogP contribution in [0.4, 0.5) is 0 Å². The third kappa shape index (κ3) is 9.35. The molecule has 110 valence electrons. The average Bonchev–Trinajstić information content (AvgIpc) is 2.38. The van der Waals surface area contributed by atoms with Gasteiger partial charge >= 0.3 is 5.97 Å². The van der Waals surface area contributed by atoms with Crippen LogP contribution < -0.4 is 5.73 Å². The van der Waals surface area contributed by atoms with Crippen molar-refractivity contribution in [2.75, 3.05) is 19.8 Å². The van der Waals surface area contributed by atoms with Gasteiger partial charge in [0.15, 0.2) is 0 Å². The van der Waals surface area contributed by atoms with Gasteiger partial charge in [0.05, 0.1) is 31.3 Å². The zero-order chi connectivity index (χ0) is 14.6. The average molecular weight is 265 g/mol. The van der Waals surface area contributed by atoms with Crippen molar-refractivity contribution in [3.05, 3.63) is 0 Å². The largest absolute Gasteiger partial charge is 0.481 e. The van der Waals surface area contributed by atoms with Crippen molar-refractivity contribution in [3.8, 4) is 0 Å². The molecule has 6 heteroatoms. The van der Waals surface area contributed by atoms with Crippen LogP contribution in [0, 0.1) is 5.92 Å². The van der Waals surface area contributed by atoms with Crippen LogP contribution >= 0.6 is 0 Å². The first-order valence-corrected chi connectivity index (χ1v) is 6.25. The van der Waals surface area contributed by atoms with Crippen molar-refractivity contribution in [2.24, 2.45) is 11.7 Å². The predicted octanol–water partition coefficient (Wildman–Crippen LogP) is -0.0518. The summed E-state index contributed by atoms with van der Waals surface area (Å²) in [5.74, 6) is -0.737. The molecule has 0 amide bonds. The Kier molecular flexibility index (Phi) is 12.4. The fourth-order valence-electron chi connectivity index (χ4n) is 1.24. The number of nitrogens with two attached hydrogens (primary N) is 1. The van der Waals surface area contributed by atoms with Crippen molar-refractivity contribution in [3.63, 3.8) is 0 Å². The van der Waals surface area contributed by atoms with E-state index in [9.17, 15) is 4.79 Å². The second kappa shape index (κ2) is 11.4. The molecule has 0 bridgehead atoms. The molecule has 0 aliphatic heterocycles. The van der Waals surface area contributed by atoms with Crippen molar-refractivity contribution >= 4 is 5.97 Å². The number of hydrogen-bond donors (Lipinski definition) is 5. The number of rotatable bonds is 8. The van der Waals surface area contributed by atoms with E-state index in [4.69, 9.17) is 26.2 Å². The number of carbonyl (C=O) groups is 1. The number of aliphatic hydroxyl groups excluding tert-OH is 3. The van der Waals surface area contributed by atoms with Crippen LogP contribution in [-0.4, -0.2) is 51.8 Å². The fraction of sp³-hybridized carbons (Fsp3) is 0.917. The van der Waals surface area contributed by atoms with E-state index in [1.54, 1.807) is 0 Å². The van der Waals surface area contributed by atoms with Gasteiger partial charge in [0.2, 0.25) is 0 Å². The smallest absolute Gasteiger partial charge is 0.306 e. The van der Waals surface area contributed by atoms with Gasteiger partial charge < -0.3 is 26.2 Å². The first-order chi connectivity index (χ1) is 8.40. The number of aliphatic hydroxyl groups is 3. The molecule has 6 nitrogen and oxygen atoms in total. The van der Waals surface area contributed by atoms with Gasteiger partial charge in [0, 0.05) is 0 Å². The summed E-state index contributed by atoms with van der Waals surface area (Å²) < 4.78 is 0. The Morgan fingerprint density at radius 3 is 1.50 bits per heavy atom. The molecule has 0 heterocycles. The summed E-state index contributed by atoms with van der Waals surface area (Å²) in [5, 5.41) is 33.7. The quantitative estimate of drug-likeness (QED) is 0.419. The summed E-state index contributed by atoms with van der Waals surface area (Å²) in [5.41, 5.74) is 3.94. The second-order valence-corrected chi connectivity index (χ2v) is 4.45. The van der Waals surface area contributed by atoms with Gasteiger partial charge in [-0.1, -0.05) is 26.7 Å². The summed E-state index contributed by atoms with van der Waals surface area (Å²) in [6.07, 6.45) is 3.58. The van der Waals surface area contributed by atoms with E-state index in [1.165, 1.54) is 0 Å². The molecule has 0 aromatic carbocycles. The van der Waals surface area contributed by atoms with Gasteiger partial charge in [0.25, 0.3) is 0 Å². The molecule has 0 aliphatic carbocycles. The standard InChI is InChI=1S/C8H16O2.C4H11NO3/c1-3-5-7(6-4-2)8(9)10;5-4(1-6,2-7)3-8/h7H,3-6H2,1-2H3,(H,9,10);6-8H,1-3,5H2. The van der Waals surface area contributed by atoms with E-state index in [0.29, 0.717) is 0 Å². The molecule has 0 radical (unpaired) electrons. The molecule has 6 N–H and O–H groups in total. The van der Waals surface area contributed by atoms with E-state index >= 15 is 0 Å². The Balaban J connectivity index is 0. The lowest BCUT2D eigenvalue weighted by Gasteiger charge is -2.20. The number of aliphatic carboxylic acids is 1. The Bertz CT molecular complexity index is 192. The zero-order valence-electron chi connectivity index (χ0n) is 11.3. The lowest BCUT2D eigenvalue weighted by atomic mass is 9.99. The first-order valence-electron chi connectivity index (χ1n) is 6.25. The van der Waals surface area contributed by atoms with Gasteiger partial charge in [-0.3, -0.25) is 4.79 Å². The minimum absolute atomic E-state index is 0.102. The maximum Gasteiger partial charge on any atom is 0.306 e. The summed E-state index contributed by atoms with van der Waals surface area (Å²) in [7, 11) is 0. The highest BCUT2D eigenvalue weighted by molar-refractivity contribution is 5.69. The van der Waals surface area contributed by atoms with Gasteiger partial charge in [-0.2, -0.15) is 0 Å². The topological polar surface area (TPSA) is 124 Å². The lowest BCUT2D eigenvalue weighted by Crippen LogP contribution is -2.50. The molecule has 0 unspecified atom stereocenters. The fourth-order valence-corrected chi connectivity index (χ4v) is 1.24. The van der Waals surface area contributed by atoms with E-state index in [-0.39, 0.29) is 5.92 Å². The number of carboxylic acids is 1. The highest BCUT2D eigenvalue weighted by Gasteiger charge is 2.20. The molecule has 0 saturated carbocycles. The molecule has 0 aliphatic rings. The van der Waals surface area contributed by atoms with E-state index in [2.05, 4.69) is 0 Å². The minimum Gasteiger partial charge on any atom is -0.481 e. The highest BCUT2D eigenvalue weighted by atomic mass is 16.4. The van der Waals surface area contributed by atoms with Crippen LogP contribution in [0.1, 0.15) is 39.5 Å². The van der Waals surface area contributed by atoms with Gasteiger partial charge in [-0.25, -0.2) is 0 Å². The Labute approximate surface area is 108 Å². The van der Waals surface area contributed by atoms with Crippen LogP contribution in [-0.2, 0) is 4.79 Å². The normalized spacial score (nSPS) is 11.1. The van der Waals surface area contributed by atoms with E-state index in [1.807, 2.05) is 13.8 Å². The Hall–Kier alpha value is -0.690. The molecule has 0 spiro atoms. The molecule has 0 fully saturated rings. The first kappa shape index (κ1) is 19.6. The molecule has 0 aromatic rings. The molecule has 0 atom stereocenters. The maximum absolute atomic E-state index is 10.5. The van der Waals surface area contributed by atoms with Crippen LogP contribution in [0.15, 0.2) is 0 Å². The highest BCUT2D eigenvalue weighted by Crippen LogP contribution is 2.12. The summed E-state index contributed by atoms with van der Waals surface area (Å²) in [6, 6.07) is 0. The molecule has 0 aromatic heterocycles. The predicted molar refractivity (Wildman–Crippen MR) is 69.1 cm³/mol. The number of carboxylic acid groups (broad SMARTS) is 1. The van der Waals surface area contributed by atoms with Crippen LogP contribution in [0.2, 0.25) is 0 Å². The van der Waals surface area contributed by atoms with Crippen LogP contribution in [0.5, 0.6) is 0 Å². The molecule has 0 rings (SSSR count). The maximum atomic E-state index is 10.5. The second-order valence-electron chi connectivity index (χ2n) is 4.45. The molecular weight excluding hydrogens is 238 g/mol. The Morgan fingerprint density at radius 1 is 1.06 bits per heavy atom. The third-order valence-corrected chi connectivity index (χ3v) is 2.57. The lowest BCUT2D eigenvalue weighted by molar-refractivity contribution is -0.142. The van der Waals surface area contributed by atoms with E-state index in [0.717, 1.165) is 25.7 Å². The van der Waals surface area contributed by atoms with Crippen LogP contribution in [0.25, 0.3) is 0 Å². The van der Waals surface area contributed by atoms with Gasteiger partial charge in [0.1, 0.15) is 0 Å². The minimum atomic E-state index is -1.21. The monoisotopic (exact) mass is 265 g/mol. The van der Waals surface area contributed by atoms with Crippen molar-refractivity contribution in [1.82, 2.24) is 0 Å². The van der Waals surface area contributed by atoms with Crippen molar-refractivity contribution in [2.45, 2.75) is 45.1 Å². The zero-order valence-corrected chi connectivity index (χ0v) is 11.3.